The maximum atomic E-state index is 10.5. The van der Waals surface area contributed by atoms with Crippen molar-refractivity contribution in [1.29, 1.82) is 0 Å². The zero-order valence-corrected chi connectivity index (χ0v) is 6.51. The molecule has 2 nitrogen and oxygen atoms in total. The van der Waals surface area contributed by atoms with Crippen molar-refractivity contribution in [1.82, 2.24) is 4.98 Å². The van der Waals surface area contributed by atoms with Crippen molar-refractivity contribution in [2.45, 2.75) is 5.88 Å². The second-order valence-electron chi connectivity index (χ2n) is 2.04. The molecule has 0 aromatic carbocycles. The molecule has 56 valence electrons. The van der Waals surface area contributed by atoms with Crippen LogP contribution in [0.25, 0.3) is 0 Å². The lowest BCUT2D eigenvalue weighted by atomic mass is 10.2. The lowest BCUT2D eigenvalue weighted by molar-refractivity contribution is 0.104. The van der Waals surface area contributed by atoms with E-state index in [1.165, 1.54) is 6.20 Å². The van der Waals surface area contributed by atoms with Gasteiger partial charge in [0.05, 0.1) is 11.6 Å². The summed E-state index contributed by atoms with van der Waals surface area (Å²) in [5, 5.41) is 0. The Labute approximate surface area is 70.2 Å². The van der Waals surface area contributed by atoms with Gasteiger partial charge in [0, 0.05) is 18.7 Å². The van der Waals surface area contributed by atoms with Gasteiger partial charge in [0.15, 0.2) is 5.78 Å². The van der Waals surface area contributed by atoms with Gasteiger partial charge in [-0.1, -0.05) is 0 Å². The second-order valence-corrected chi connectivity index (χ2v) is 2.30. The van der Waals surface area contributed by atoms with E-state index in [0.29, 0.717) is 11.4 Å². The van der Waals surface area contributed by atoms with Crippen LogP contribution in [0.5, 0.6) is 0 Å². The molecule has 0 aliphatic rings. The van der Waals surface area contributed by atoms with Crippen molar-refractivity contribution >= 4 is 17.4 Å². The average Bonchev–Trinajstić information content (AvgIpc) is 2.05. The first-order valence-electron chi connectivity index (χ1n) is 3.04. The highest BCUT2D eigenvalue weighted by molar-refractivity contribution is 6.16. The van der Waals surface area contributed by atoms with Gasteiger partial charge in [-0.15, -0.1) is 11.6 Å². The van der Waals surface area contributed by atoms with Crippen LogP contribution in [-0.4, -0.2) is 10.8 Å². The Bertz CT molecular complexity index is 255. The zero-order valence-electron chi connectivity index (χ0n) is 5.75. The SMILES string of the molecule is [CH]C(=O)c1ccc(CCl)nc1. The smallest absolute Gasteiger partial charge is 0.169 e. The van der Waals surface area contributed by atoms with Crippen LogP contribution in [0.15, 0.2) is 18.3 Å². The fourth-order valence-electron chi connectivity index (χ4n) is 0.649. The van der Waals surface area contributed by atoms with Crippen molar-refractivity contribution in [3.63, 3.8) is 0 Å². The van der Waals surface area contributed by atoms with Crippen molar-refractivity contribution in [3.05, 3.63) is 36.5 Å². The molecular weight excluding hydrogens is 162 g/mol. The number of rotatable bonds is 2. The number of alkyl halides is 1. The van der Waals surface area contributed by atoms with E-state index in [9.17, 15) is 4.79 Å². The van der Waals surface area contributed by atoms with E-state index in [2.05, 4.69) is 4.98 Å². The zero-order chi connectivity index (χ0) is 8.27. The Morgan fingerprint density at radius 2 is 2.36 bits per heavy atom. The van der Waals surface area contributed by atoms with E-state index in [0.717, 1.165) is 5.69 Å². The molecule has 2 radical (unpaired) electrons. The molecule has 0 atom stereocenters. The molecule has 0 spiro atoms. The molecule has 0 unspecified atom stereocenters. The van der Waals surface area contributed by atoms with Gasteiger partial charge in [-0.05, 0) is 12.1 Å². The van der Waals surface area contributed by atoms with Crippen LogP contribution >= 0.6 is 11.6 Å². The van der Waals surface area contributed by atoms with Gasteiger partial charge in [-0.2, -0.15) is 0 Å². The van der Waals surface area contributed by atoms with E-state index < -0.39 is 5.78 Å². The lowest BCUT2D eigenvalue weighted by Gasteiger charge is -1.95. The summed E-state index contributed by atoms with van der Waals surface area (Å²) in [5.41, 5.74) is 1.13. The highest BCUT2D eigenvalue weighted by Crippen LogP contribution is 2.02. The Balaban J connectivity index is 2.91. The molecular formula is C8H6ClNO. The number of Topliss-reactive ketones (excluding diaryl/α,β-unsaturated/α-hetero) is 1. The molecule has 11 heavy (non-hydrogen) atoms. The number of hydrogen-bond acceptors (Lipinski definition) is 2. The fourth-order valence-corrected chi connectivity index (χ4v) is 0.807. The number of halogens is 1. The molecule has 1 aromatic heterocycles. The van der Waals surface area contributed by atoms with Gasteiger partial charge in [-0.25, -0.2) is 0 Å². The first-order valence-corrected chi connectivity index (χ1v) is 3.58. The average molecular weight is 168 g/mol. The summed E-state index contributed by atoms with van der Waals surface area (Å²) in [6, 6.07) is 3.28. The Morgan fingerprint density at radius 1 is 1.64 bits per heavy atom. The van der Waals surface area contributed by atoms with Gasteiger partial charge in [0.1, 0.15) is 0 Å². The number of carbonyl (C=O) groups excluding carboxylic acids is 1. The van der Waals surface area contributed by atoms with Gasteiger partial charge < -0.3 is 0 Å². The van der Waals surface area contributed by atoms with E-state index in [-0.39, 0.29) is 0 Å². The maximum absolute atomic E-state index is 10.5. The number of hydrogen-bond donors (Lipinski definition) is 0. The normalized spacial score (nSPS) is 9.64. The Kier molecular flexibility index (Phi) is 2.60. The molecule has 0 bridgehead atoms. The first kappa shape index (κ1) is 8.21. The summed E-state index contributed by atoms with van der Waals surface area (Å²) >= 11 is 5.48. The van der Waals surface area contributed by atoms with Gasteiger partial charge in [-0.3, -0.25) is 9.78 Å². The van der Waals surface area contributed by atoms with Crippen molar-refractivity contribution in [2.75, 3.05) is 0 Å². The molecule has 0 aliphatic heterocycles. The summed E-state index contributed by atoms with van der Waals surface area (Å²) in [5.74, 6) is -0.127. The molecule has 0 saturated carbocycles. The van der Waals surface area contributed by atoms with Gasteiger partial charge >= 0.3 is 0 Å². The Morgan fingerprint density at radius 3 is 2.73 bits per heavy atom. The summed E-state index contributed by atoms with van der Waals surface area (Å²) in [6.07, 6.45) is 1.42. The highest BCUT2D eigenvalue weighted by atomic mass is 35.5. The standard InChI is InChI=1S/C8H6ClNO/c1-6(11)7-2-3-8(4-9)10-5-7/h1-3,5H,4H2. The van der Waals surface area contributed by atoms with E-state index in [1.807, 2.05) is 0 Å². The topological polar surface area (TPSA) is 30.0 Å². The van der Waals surface area contributed by atoms with Crippen LogP contribution in [0.1, 0.15) is 16.1 Å². The van der Waals surface area contributed by atoms with Crippen molar-refractivity contribution < 1.29 is 4.79 Å². The van der Waals surface area contributed by atoms with Crippen LogP contribution < -0.4 is 0 Å². The summed E-state index contributed by atoms with van der Waals surface area (Å²) in [7, 11) is 0. The minimum absolute atomic E-state index is 0.346. The van der Waals surface area contributed by atoms with E-state index in [1.54, 1.807) is 12.1 Å². The summed E-state index contributed by atoms with van der Waals surface area (Å²) < 4.78 is 0. The lowest BCUT2D eigenvalue weighted by Crippen LogP contribution is -1.94. The molecule has 0 N–H and O–H groups in total. The molecule has 1 aromatic rings. The molecule has 0 fully saturated rings. The van der Waals surface area contributed by atoms with Crippen LogP contribution in [0.4, 0.5) is 0 Å². The molecule has 0 aliphatic carbocycles. The van der Waals surface area contributed by atoms with Crippen LogP contribution in [0.3, 0.4) is 0 Å². The van der Waals surface area contributed by atoms with Gasteiger partial charge in [0.2, 0.25) is 0 Å². The fraction of sp³-hybridized carbons (Fsp3) is 0.125. The molecule has 1 heterocycles. The predicted octanol–water partition coefficient (Wildman–Crippen LogP) is 1.71. The Hall–Kier alpha value is -0.890. The minimum atomic E-state index is -0.473. The number of nitrogens with zero attached hydrogens (tertiary/aromatic N) is 1. The molecule has 0 saturated heterocycles. The second kappa shape index (κ2) is 3.49. The molecule has 0 amide bonds. The third-order valence-electron chi connectivity index (χ3n) is 1.25. The largest absolute Gasteiger partial charge is 0.294 e. The third-order valence-corrected chi connectivity index (χ3v) is 1.52. The van der Waals surface area contributed by atoms with E-state index >= 15 is 0 Å². The predicted molar refractivity (Wildman–Crippen MR) is 42.4 cm³/mol. The molecule has 1 rings (SSSR count). The molecule has 3 heteroatoms. The van der Waals surface area contributed by atoms with Crippen LogP contribution in [-0.2, 0) is 5.88 Å². The quantitative estimate of drug-likeness (QED) is 0.496. The van der Waals surface area contributed by atoms with Crippen molar-refractivity contribution in [3.8, 4) is 0 Å². The number of pyridine rings is 1. The number of carbonyl (C=O) groups is 1. The van der Waals surface area contributed by atoms with Crippen LogP contribution in [0.2, 0.25) is 0 Å². The minimum Gasteiger partial charge on any atom is -0.294 e. The number of ketones is 1. The summed E-state index contributed by atoms with van der Waals surface area (Å²) in [6.45, 7) is 4.99. The maximum Gasteiger partial charge on any atom is 0.169 e. The van der Waals surface area contributed by atoms with Gasteiger partial charge in [0.25, 0.3) is 0 Å². The highest BCUT2D eigenvalue weighted by Gasteiger charge is 1.98. The van der Waals surface area contributed by atoms with Crippen LogP contribution in [0, 0.1) is 6.92 Å². The summed E-state index contributed by atoms with van der Waals surface area (Å²) in [4.78, 5) is 14.4. The third kappa shape index (κ3) is 2.02. The monoisotopic (exact) mass is 167 g/mol. The first-order chi connectivity index (χ1) is 5.24. The number of aromatic nitrogens is 1. The van der Waals surface area contributed by atoms with E-state index in [4.69, 9.17) is 18.5 Å². The van der Waals surface area contributed by atoms with Crippen molar-refractivity contribution in [2.24, 2.45) is 0 Å².